The van der Waals surface area contributed by atoms with E-state index in [1.54, 1.807) is 14.2 Å². The largest absolute Gasteiger partial charge is 0.483 e. The lowest BCUT2D eigenvalue weighted by Crippen LogP contribution is -2.28. The molecule has 1 aromatic rings. The molecule has 0 aromatic heterocycles. The SMILES string of the molecule is CO[SiH](OC)OC(C)CCCCCc1c(F)cc(F)cc1F. The van der Waals surface area contributed by atoms with Crippen LogP contribution in [0.3, 0.4) is 0 Å². The predicted molar refractivity (Wildman–Crippen MR) is 80.2 cm³/mol. The first-order chi connectivity index (χ1) is 10.5. The van der Waals surface area contributed by atoms with Gasteiger partial charge in [-0.2, -0.15) is 0 Å². The van der Waals surface area contributed by atoms with Crippen LogP contribution in [0, 0.1) is 17.5 Å². The van der Waals surface area contributed by atoms with Crippen molar-refractivity contribution in [2.45, 2.75) is 45.1 Å². The lowest BCUT2D eigenvalue weighted by atomic mass is 10.0. The molecule has 1 rings (SSSR count). The molecule has 1 aromatic carbocycles. The molecular weight excluding hydrogens is 313 g/mol. The molecule has 0 aliphatic carbocycles. The van der Waals surface area contributed by atoms with E-state index in [-0.39, 0.29) is 18.1 Å². The Kier molecular flexibility index (Phi) is 8.70. The molecule has 1 unspecified atom stereocenters. The summed E-state index contributed by atoms with van der Waals surface area (Å²) in [6.45, 7) is 1.94. The highest BCUT2D eigenvalue weighted by atomic mass is 28.3. The van der Waals surface area contributed by atoms with E-state index in [0.29, 0.717) is 18.6 Å². The Morgan fingerprint density at radius 2 is 1.59 bits per heavy atom. The monoisotopic (exact) mass is 336 g/mol. The van der Waals surface area contributed by atoms with E-state index in [2.05, 4.69) is 0 Å². The summed E-state index contributed by atoms with van der Waals surface area (Å²) in [4.78, 5) is 0. The van der Waals surface area contributed by atoms with Crippen molar-refractivity contribution in [1.29, 1.82) is 0 Å². The van der Waals surface area contributed by atoms with Crippen LogP contribution in [0.2, 0.25) is 0 Å². The van der Waals surface area contributed by atoms with E-state index in [9.17, 15) is 13.2 Å². The summed E-state index contributed by atoms with van der Waals surface area (Å²) in [6, 6.07) is 1.43. The van der Waals surface area contributed by atoms with Crippen LogP contribution in [0.4, 0.5) is 13.2 Å². The van der Waals surface area contributed by atoms with Gasteiger partial charge in [0.1, 0.15) is 17.5 Å². The Morgan fingerprint density at radius 3 is 2.14 bits per heavy atom. The molecular formula is C15H23F3O3Si. The average molecular weight is 336 g/mol. The minimum Gasteiger partial charge on any atom is -0.379 e. The van der Waals surface area contributed by atoms with E-state index in [0.717, 1.165) is 19.3 Å². The first-order valence-electron chi connectivity index (χ1n) is 7.32. The summed E-state index contributed by atoms with van der Waals surface area (Å²) in [7, 11) is 1.10. The van der Waals surface area contributed by atoms with Gasteiger partial charge in [-0.15, -0.1) is 0 Å². The standard InChI is InChI=1S/C15H23F3O3Si/c1-11(21-22(19-2)20-3)7-5-4-6-8-13-14(17)9-12(16)10-15(13)18/h9-11,22H,4-8H2,1-3H3. The number of benzene rings is 1. The van der Waals surface area contributed by atoms with Gasteiger partial charge in [0.2, 0.25) is 0 Å². The van der Waals surface area contributed by atoms with Crippen LogP contribution in [0.1, 0.15) is 38.2 Å². The summed E-state index contributed by atoms with van der Waals surface area (Å²) < 4.78 is 55.4. The fourth-order valence-corrected chi connectivity index (χ4v) is 3.12. The molecule has 0 bridgehead atoms. The highest BCUT2D eigenvalue weighted by Gasteiger charge is 2.15. The predicted octanol–water partition coefficient (Wildman–Crippen LogP) is 3.62. The highest BCUT2D eigenvalue weighted by molar-refractivity contribution is 6.36. The molecule has 126 valence electrons. The minimum absolute atomic E-state index is 0.0239. The summed E-state index contributed by atoms with van der Waals surface area (Å²) in [5.41, 5.74) is -0.0445. The maximum Gasteiger partial charge on any atom is 0.483 e. The Morgan fingerprint density at radius 1 is 1.00 bits per heavy atom. The number of rotatable bonds is 10. The Bertz CT molecular complexity index is 433. The smallest absolute Gasteiger partial charge is 0.379 e. The molecule has 0 saturated carbocycles. The molecule has 0 aliphatic rings. The van der Waals surface area contributed by atoms with Crippen molar-refractivity contribution >= 4 is 9.53 Å². The van der Waals surface area contributed by atoms with Crippen LogP contribution in [-0.2, 0) is 19.7 Å². The first kappa shape index (κ1) is 19.2. The summed E-state index contributed by atoms with van der Waals surface area (Å²) in [6.07, 6.45) is 3.44. The fraction of sp³-hybridized carbons (Fsp3) is 0.600. The van der Waals surface area contributed by atoms with Gasteiger partial charge in [0.25, 0.3) is 0 Å². The number of unbranched alkanes of at least 4 members (excludes halogenated alkanes) is 2. The van der Waals surface area contributed by atoms with Crippen LogP contribution in [0.15, 0.2) is 12.1 Å². The van der Waals surface area contributed by atoms with Crippen molar-refractivity contribution in [3.63, 3.8) is 0 Å². The average Bonchev–Trinajstić information content (AvgIpc) is 2.46. The number of hydrogen-bond acceptors (Lipinski definition) is 3. The number of halogens is 3. The molecule has 0 aliphatic heterocycles. The lowest BCUT2D eigenvalue weighted by molar-refractivity contribution is 0.0893. The Balaban J connectivity index is 2.26. The van der Waals surface area contributed by atoms with E-state index in [1.807, 2.05) is 6.92 Å². The molecule has 7 heteroatoms. The van der Waals surface area contributed by atoms with Crippen molar-refractivity contribution in [3.05, 3.63) is 35.1 Å². The summed E-state index contributed by atoms with van der Waals surface area (Å²) in [5.74, 6) is -2.52. The van der Waals surface area contributed by atoms with Gasteiger partial charge in [0, 0.05) is 38.0 Å². The zero-order chi connectivity index (χ0) is 16.5. The molecule has 0 radical (unpaired) electrons. The third-order valence-corrected chi connectivity index (χ3v) is 4.83. The summed E-state index contributed by atoms with van der Waals surface area (Å²) in [5, 5.41) is 0. The normalized spacial score (nSPS) is 12.9. The van der Waals surface area contributed by atoms with Gasteiger partial charge in [-0.3, -0.25) is 0 Å². The van der Waals surface area contributed by atoms with Crippen LogP contribution >= 0.6 is 0 Å². The van der Waals surface area contributed by atoms with Crippen LogP contribution in [0.5, 0.6) is 0 Å². The maximum atomic E-state index is 13.4. The van der Waals surface area contributed by atoms with Crippen molar-refractivity contribution < 1.29 is 26.4 Å². The maximum absolute atomic E-state index is 13.4. The molecule has 0 N–H and O–H groups in total. The Labute approximate surface area is 131 Å². The molecule has 3 nitrogen and oxygen atoms in total. The zero-order valence-corrected chi connectivity index (χ0v) is 14.4. The van der Waals surface area contributed by atoms with Crippen LogP contribution < -0.4 is 0 Å². The van der Waals surface area contributed by atoms with E-state index in [4.69, 9.17) is 13.3 Å². The first-order valence-corrected chi connectivity index (χ1v) is 8.73. The van der Waals surface area contributed by atoms with E-state index in [1.165, 1.54) is 0 Å². The molecule has 0 spiro atoms. The fourth-order valence-electron chi connectivity index (χ4n) is 2.19. The van der Waals surface area contributed by atoms with Gasteiger partial charge >= 0.3 is 9.53 Å². The van der Waals surface area contributed by atoms with Gasteiger partial charge in [0.15, 0.2) is 0 Å². The second-order valence-corrected chi connectivity index (χ2v) is 6.95. The van der Waals surface area contributed by atoms with Crippen molar-refractivity contribution in [2.75, 3.05) is 14.2 Å². The van der Waals surface area contributed by atoms with Crippen LogP contribution in [-0.4, -0.2) is 29.9 Å². The van der Waals surface area contributed by atoms with Gasteiger partial charge in [-0.25, -0.2) is 13.2 Å². The lowest BCUT2D eigenvalue weighted by Gasteiger charge is -2.17. The number of hydrogen-bond donors (Lipinski definition) is 0. The molecule has 22 heavy (non-hydrogen) atoms. The second kappa shape index (κ2) is 9.99. The van der Waals surface area contributed by atoms with Gasteiger partial charge in [0.05, 0.1) is 0 Å². The van der Waals surface area contributed by atoms with Crippen molar-refractivity contribution in [2.24, 2.45) is 0 Å². The quantitative estimate of drug-likeness (QED) is 0.482. The van der Waals surface area contributed by atoms with E-state index >= 15 is 0 Å². The molecule has 0 amide bonds. The third kappa shape index (κ3) is 6.47. The third-order valence-electron chi connectivity index (χ3n) is 3.37. The zero-order valence-electron chi connectivity index (χ0n) is 13.2. The molecule has 0 saturated heterocycles. The van der Waals surface area contributed by atoms with Crippen LogP contribution in [0.25, 0.3) is 0 Å². The van der Waals surface area contributed by atoms with Gasteiger partial charge in [-0.1, -0.05) is 12.8 Å². The Hall–Kier alpha value is -0.893. The second-order valence-electron chi connectivity index (χ2n) is 5.15. The molecule has 1 atom stereocenters. The molecule has 0 heterocycles. The van der Waals surface area contributed by atoms with Gasteiger partial charge in [-0.05, 0) is 26.2 Å². The van der Waals surface area contributed by atoms with Crippen molar-refractivity contribution in [1.82, 2.24) is 0 Å². The minimum atomic E-state index is -2.01. The van der Waals surface area contributed by atoms with Crippen molar-refractivity contribution in [3.8, 4) is 0 Å². The molecule has 0 fully saturated rings. The summed E-state index contributed by atoms with van der Waals surface area (Å²) >= 11 is 0. The highest BCUT2D eigenvalue weighted by Crippen LogP contribution is 2.18. The van der Waals surface area contributed by atoms with E-state index < -0.39 is 27.0 Å². The van der Waals surface area contributed by atoms with Gasteiger partial charge < -0.3 is 13.3 Å². The topological polar surface area (TPSA) is 27.7 Å².